The molecular formula is C20H18N2O. The fraction of sp³-hybridized carbons (Fsp3) is 0.150. The standard InChI is InChI=1S/C20H18N2O/c1-2-8-15-9-7-14-21-20(15)22-16-10-3-5-12-18(16)23-19-13-6-4-11-17(19)22/h3-7,9-14H,2,8H2,1H3. The van der Waals surface area contributed by atoms with Crippen LogP contribution in [0.3, 0.4) is 0 Å². The lowest BCUT2D eigenvalue weighted by atomic mass is 10.1. The van der Waals surface area contributed by atoms with E-state index in [1.165, 1.54) is 5.56 Å². The number of aryl methyl sites for hydroxylation is 1. The Bertz CT molecular complexity index is 799. The Kier molecular flexibility index (Phi) is 3.46. The van der Waals surface area contributed by atoms with E-state index in [1.807, 2.05) is 48.7 Å². The molecule has 1 aliphatic rings. The number of pyridine rings is 1. The highest BCUT2D eigenvalue weighted by molar-refractivity contribution is 5.85. The van der Waals surface area contributed by atoms with Gasteiger partial charge in [-0.2, -0.15) is 0 Å². The molecule has 0 spiro atoms. The Morgan fingerprint density at radius 3 is 2.17 bits per heavy atom. The van der Waals surface area contributed by atoms with Crippen molar-refractivity contribution in [2.45, 2.75) is 19.8 Å². The van der Waals surface area contributed by atoms with Crippen molar-refractivity contribution in [2.24, 2.45) is 0 Å². The van der Waals surface area contributed by atoms with Gasteiger partial charge in [-0.05, 0) is 42.3 Å². The van der Waals surface area contributed by atoms with Gasteiger partial charge in [-0.1, -0.05) is 43.7 Å². The average molecular weight is 302 g/mol. The van der Waals surface area contributed by atoms with Crippen LogP contribution in [0.25, 0.3) is 0 Å². The van der Waals surface area contributed by atoms with Gasteiger partial charge in [-0.15, -0.1) is 0 Å². The van der Waals surface area contributed by atoms with E-state index in [-0.39, 0.29) is 0 Å². The van der Waals surface area contributed by atoms with Crippen LogP contribution in [-0.4, -0.2) is 4.98 Å². The van der Waals surface area contributed by atoms with E-state index < -0.39 is 0 Å². The molecule has 0 aliphatic carbocycles. The maximum atomic E-state index is 6.06. The maximum Gasteiger partial charge on any atom is 0.151 e. The zero-order chi connectivity index (χ0) is 15.6. The third kappa shape index (κ3) is 2.34. The molecule has 0 radical (unpaired) electrons. The zero-order valence-corrected chi connectivity index (χ0v) is 13.1. The van der Waals surface area contributed by atoms with Crippen LogP contribution in [0.1, 0.15) is 18.9 Å². The Hall–Kier alpha value is -2.81. The van der Waals surface area contributed by atoms with Crippen LogP contribution < -0.4 is 9.64 Å². The van der Waals surface area contributed by atoms with Crippen LogP contribution in [0.5, 0.6) is 11.5 Å². The fourth-order valence-electron chi connectivity index (χ4n) is 3.03. The van der Waals surface area contributed by atoms with Gasteiger partial charge in [0.05, 0.1) is 11.4 Å². The summed E-state index contributed by atoms with van der Waals surface area (Å²) in [5.74, 6) is 2.70. The van der Waals surface area contributed by atoms with Gasteiger partial charge in [-0.3, -0.25) is 4.90 Å². The average Bonchev–Trinajstić information content (AvgIpc) is 2.61. The predicted molar refractivity (Wildman–Crippen MR) is 93.0 cm³/mol. The van der Waals surface area contributed by atoms with Crippen molar-refractivity contribution in [1.82, 2.24) is 4.98 Å². The van der Waals surface area contributed by atoms with Crippen LogP contribution in [0, 0.1) is 0 Å². The number of hydrogen-bond donors (Lipinski definition) is 0. The maximum absolute atomic E-state index is 6.06. The Morgan fingerprint density at radius 1 is 0.870 bits per heavy atom. The van der Waals surface area contributed by atoms with E-state index >= 15 is 0 Å². The molecule has 1 aliphatic heterocycles. The Labute approximate surface area is 136 Å². The lowest BCUT2D eigenvalue weighted by Crippen LogP contribution is -2.18. The molecule has 4 rings (SSSR count). The van der Waals surface area contributed by atoms with Crippen LogP contribution in [-0.2, 0) is 6.42 Å². The third-order valence-corrected chi connectivity index (χ3v) is 4.03. The number of fused-ring (bicyclic) bond motifs is 2. The van der Waals surface area contributed by atoms with Crippen LogP contribution >= 0.6 is 0 Å². The summed E-state index contributed by atoms with van der Waals surface area (Å²) < 4.78 is 6.06. The molecule has 0 unspecified atom stereocenters. The number of rotatable bonds is 3. The van der Waals surface area contributed by atoms with Gasteiger partial charge >= 0.3 is 0 Å². The van der Waals surface area contributed by atoms with Crippen molar-refractivity contribution in [3.63, 3.8) is 0 Å². The molecule has 23 heavy (non-hydrogen) atoms. The first kappa shape index (κ1) is 13.8. The molecule has 0 N–H and O–H groups in total. The number of hydrogen-bond acceptors (Lipinski definition) is 3. The molecule has 0 bridgehead atoms. The van der Waals surface area contributed by atoms with Crippen molar-refractivity contribution < 1.29 is 4.74 Å². The molecule has 0 atom stereocenters. The smallest absolute Gasteiger partial charge is 0.151 e. The number of anilines is 3. The Balaban J connectivity index is 1.95. The highest BCUT2D eigenvalue weighted by Crippen LogP contribution is 2.50. The zero-order valence-electron chi connectivity index (χ0n) is 13.1. The molecule has 0 amide bonds. The summed E-state index contributed by atoms with van der Waals surface area (Å²) in [5, 5.41) is 0. The molecule has 2 heterocycles. The van der Waals surface area contributed by atoms with Crippen LogP contribution in [0.4, 0.5) is 17.2 Å². The predicted octanol–water partition coefficient (Wildman–Crippen LogP) is 5.61. The monoisotopic (exact) mass is 302 g/mol. The van der Waals surface area contributed by atoms with Crippen molar-refractivity contribution in [1.29, 1.82) is 0 Å². The minimum Gasteiger partial charge on any atom is -0.453 e. The van der Waals surface area contributed by atoms with Gasteiger partial charge in [-0.25, -0.2) is 4.98 Å². The summed E-state index contributed by atoms with van der Waals surface area (Å²) in [6.07, 6.45) is 3.95. The van der Waals surface area contributed by atoms with Crippen molar-refractivity contribution in [3.05, 3.63) is 72.4 Å². The van der Waals surface area contributed by atoms with Gasteiger partial charge in [0.1, 0.15) is 5.82 Å². The fourth-order valence-corrected chi connectivity index (χ4v) is 3.03. The molecule has 114 valence electrons. The largest absolute Gasteiger partial charge is 0.453 e. The molecule has 3 nitrogen and oxygen atoms in total. The number of nitrogens with zero attached hydrogens (tertiary/aromatic N) is 2. The minimum atomic E-state index is 0.860. The van der Waals surface area contributed by atoms with Crippen LogP contribution in [0.15, 0.2) is 66.9 Å². The number of aromatic nitrogens is 1. The van der Waals surface area contributed by atoms with Crippen molar-refractivity contribution in [3.8, 4) is 11.5 Å². The SMILES string of the molecule is CCCc1cccnc1N1c2ccccc2Oc2ccccc21. The number of para-hydroxylation sites is 4. The summed E-state index contributed by atoms with van der Waals surface area (Å²) in [5.41, 5.74) is 3.31. The summed E-state index contributed by atoms with van der Waals surface area (Å²) in [6, 6.07) is 20.4. The van der Waals surface area contributed by atoms with E-state index in [2.05, 4.69) is 35.0 Å². The molecule has 2 aromatic carbocycles. The quantitative estimate of drug-likeness (QED) is 0.492. The first-order chi connectivity index (χ1) is 11.4. The van der Waals surface area contributed by atoms with Gasteiger partial charge in [0.2, 0.25) is 0 Å². The first-order valence-corrected chi connectivity index (χ1v) is 7.98. The van der Waals surface area contributed by atoms with Gasteiger partial charge < -0.3 is 4.74 Å². The van der Waals surface area contributed by atoms with Gasteiger partial charge in [0.25, 0.3) is 0 Å². The third-order valence-electron chi connectivity index (χ3n) is 4.03. The van der Waals surface area contributed by atoms with E-state index in [9.17, 15) is 0 Å². The second-order valence-electron chi connectivity index (χ2n) is 5.61. The van der Waals surface area contributed by atoms with E-state index in [0.29, 0.717) is 0 Å². The molecular weight excluding hydrogens is 284 g/mol. The van der Waals surface area contributed by atoms with Crippen molar-refractivity contribution in [2.75, 3.05) is 4.90 Å². The minimum absolute atomic E-state index is 0.860. The normalized spacial score (nSPS) is 12.3. The van der Waals surface area contributed by atoms with Gasteiger partial charge in [0, 0.05) is 6.20 Å². The molecule has 0 saturated heterocycles. The highest BCUT2D eigenvalue weighted by atomic mass is 16.5. The molecule has 0 saturated carbocycles. The summed E-state index contributed by atoms with van der Waals surface area (Å²) in [4.78, 5) is 6.90. The molecule has 3 aromatic rings. The van der Waals surface area contributed by atoms with E-state index in [4.69, 9.17) is 4.74 Å². The lowest BCUT2D eigenvalue weighted by molar-refractivity contribution is 0.476. The molecule has 3 heteroatoms. The van der Waals surface area contributed by atoms with E-state index in [1.54, 1.807) is 0 Å². The second-order valence-corrected chi connectivity index (χ2v) is 5.61. The molecule has 1 aromatic heterocycles. The molecule has 0 fully saturated rings. The summed E-state index contributed by atoms with van der Waals surface area (Å²) >= 11 is 0. The van der Waals surface area contributed by atoms with Gasteiger partial charge in [0.15, 0.2) is 11.5 Å². The van der Waals surface area contributed by atoms with E-state index in [0.717, 1.165) is 41.5 Å². The van der Waals surface area contributed by atoms with Crippen LogP contribution in [0.2, 0.25) is 0 Å². The number of benzene rings is 2. The summed E-state index contributed by atoms with van der Waals surface area (Å²) in [6.45, 7) is 2.19. The highest BCUT2D eigenvalue weighted by Gasteiger charge is 2.27. The first-order valence-electron chi connectivity index (χ1n) is 7.98. The van der Waals surface area contributed by atoms with Crippen molar-refractivity contribution >= 4 is 17.2 Å². The summed E-state index contributed by atoms with van der Waals surface area (Å²) in [7, 11) is 0. The topological polar surface area (TPSA) is 25.4 Å². The Morgan fingerprint density at radius 2 is 1.52 bits per heavy atom. The second kappa shape index (κ2) is 5.76. The lowest BCUT2D eigenvalue weighted by Gasteiger charge is -2.33. The number of ether oxygens (including phenoxy) is 1.